The Balaban J connectivity index is 1.37. The van der Waals surface area contributed by atoms with E-state index in [1.165, 1.54) is 36.5 Å². The molecular weight excluding hydrogens is 380 g/mol. The molecule has 0 spiro atoms. The van der Waals surface area contributed by atoms with E-state index < -0.39 is 0 Å². The number of nitrogens with one attached hydrogen (secondary N) is 2. The summed E-state index contributed by atoms with van der Waals surface area (Å²) in [4.78, 5) is 8.91. The molecule has 0 radical (unpaired) electrons. The summed E-state index contributed by atoms with van der Waals surface area (Å²) in [5, 5.41) is 13.6. The molecule has 7 heteroatoms. The van der Waals surface area contributed by atoms with Gasteiger partial charge in [0.2, 0.25) is 0 Å². The summed E-state index contributed by atoms with van der Waals surface area (Å²) in [5.74, 6) is 1.64. The second-order valence-corrected chi connectivity index (χ2v) is 8.98. The Labute approximate surface area is 179 Å². The van der Waals surface area contributed by atoms with Crippen molar-refractivity contribution < 1.29 is 0 Å². The first-order valence-corrected chi connectivity index (χ1v) is 11.8. The minimum atomic E-state index is 0.694. The normalized spacial score (nSPS) is 16.3. The third-order valence-electron chi connectivity index (χ3n) is 5.46. The van der Waals surface area contributed by atoms with Crippen LogP contribution in [0, 0.1) is 19.8 Å². The number of hydrogen-bond donors (Lipinski definition) is 2. The Morgan fingerprint density at radius 1 is 1.28 bits per heavy atom. The minimum Gasteiger partial charge on any atom is -0.357 e. The second-order valence-electron chi connectivity index (χ2n) is 7.95. The van der Waals surface area contributed by atoms with Crippen LogP contribution in [0.3, 0.4) is 0 Å². The smallest absolute Gasteiger partial charge is 0.191 e. The Kier molecular flexibility index (Phi) is 8.55. The van der Waals surface area contributed by atoms with E-state index in [4.69, 9.17) is 4.99 Å². The number of guanidine groups is 1. The van der Waals surface area contributed by atoms with Crippen LogP contribution in [0.25, 0.3) is 0 Å². The monoisotopic (exact) mass is 416 g/mol. The first kappa shape index (κ1) is 21.8. The van der Waals surface area contributed by atoms with Gasteiger partial charge in [-0.3, -0.25) is 14.6 Å². The highest BCUT2D eigenvalue weighted by Gasteiger charge is 2.19. The molecule has 2 N–H and O–H groups in total. The number of aromatic nitrogens is 2. The SMILES string of the molecule is CCNC(=NCC1CCN(Cc2cccs2)CC1)NCCCn1nc(C)cc1C. The third kappa shape index (κ3) is 7.16. The third-order valence-corrected chi connectivity index (χ3v) is 6.32. The van der Waals surface area contributed by atoms with E-state index >= 15 is 0 Å². The standard InChI is InChI=1S/C22H36N6S/c1-4-23-22(24-10-6-11-28-19(3)15-18(2)26-28)25-16-20-8-12-27(13-9-20)17-21-7-5-14-29-21/h5,7,14-15,20H,4,6,8-13,16-17H2,1-3H3,(H2,23,24,25). The predicted molar refractivity (Wildman–Crippen MR) is 123 cm³/mol. The fourth-order valence-electron chi connectivity index (χ4n) is 3.85. The van der Waals surface area contributed by atoms with Crippen molar-refractivity contribution in [2.24, 2.45) is 10.9 Å². The highest BCUT2D eigenvalue weighted by Crippen LogP contribution is 2.20. The maximum absolute atomic E-state index is 4.86. The maximum atomic E-state index is 4.86. The molecule has 0 aliphatic carbocycles. The number of piperidine rings is 1. The van der Waals surface area contributed by atoms with Crippen molar-refractivity contribution in [3.05, 3.63) is 39.8 Å². The molecule has 3 heterocycles. The van der Waals surface area contributed by atoms with E-state index in [2.05, 4.69) is 62.7 Å². The number of thiophene rings is 1. The molecule has 0 amide bonds. The topological polar surface area (TPSA) is 57.5 Å². The number of rotatable bonds is 9. The Morgan fingerprint density at radius 2 is 2.10 bits per heavy atom. The molecule has 0 bridgehead atoms. The fourth-order valence-corrected chi connectivity index (χ4v) is 4.60. The summed E-state index contributed by atoms with van der Waals surface area (Å²) in [5.41, 5.74) is 2.32. The molecular formula is C22H36N6S. The summed E-state index contributed by atoms with van der Waals surface area (Å²) >= 11 is 1.86. The molecule has 1 aliphatic heterocycles. The van der Waals surface area contributed by atoms with Gasteiger partial charge in [0.25, 0.3) is 0 Å². The van der Waals surface area contributed by atoms with Gasteiger partial charge < -0.3 is 10.6 Å². The molecule has 0 unspecified atom stereocenters. The molecule has 1 fully saturated rings. The van der Waals surface area contributed by atoms with Crippen molar-refractivity contribution in [1.29, 1.82) is 0 Å². The van der Waals surface area contributed by atoms with Gasteiger partial charge in [-0.05, 0) is 76.6 Å². The molecule has 0 aromatic carbocycles. The van der Waals surface area contributed by atoms with E-state index in [1.807, 2.05) is 18.3 Å². The van der Waals surface area contributed by atoms with Crippen LogP contribution in [-0.4, -0.2) is 53.4 Å². The van der Waals surface area contributed by atoms with Crippen LogP contribution in [0.15, 0.2) is 28.6 Å². The van der Waals surface area contributed by atoms with E-state index in [-0.39, 0.29) is 0 Å². The first-order chi connectivity index (χ1) is 14.1. The van der Waals surface area contributed by atoms with Crippen LogP contribution in [-0.2, 0) is 13.1 Å². The highest BCUT2D eigenvalue weighted by molar-refractivity contribution is 7.09. The van der Waals surface area contributed by atoms with Crippen LogP contribution in [0.4, 0.5) is 0 Å². The van der Waals surface area contributed by atoms with Crippen LogP contribution in [0.2, 0.25) is 0 Å². The van der Waals surface area contributed by atoms with Gasteiger partial charge in [0.05, 0.1) is 5.69 Å². The maximum Gasteiger partial charge on any atom is 0.191 e. The minimum absolute atomic E-state index is 0.694. The van der Waals surface area contributed by atoms with Crippen molar-refractivity contribution >= 4 is 17.3 Å². The fraction of sp³-hybridized carbons (Fsp3) is 0.636. The predicted octanol–water partition coefficient (Wildman–Crippen LogP) is 3.42. The molecule has 2 aromatic heterocycles. The summed E-state index contributed by atoms with van der Waals surface area (Å²) in [6.45, 7) is 13.4. The van der Waals surface area contributed by atoms with E-state index in [0.29, 0.717) is 5.92 Å². The van der Waals surface area contributed by atoms with Crippen LogP contribution in [0.1, 0.15) is 42.5 Å². The molecule has 6 nitrogen and oxygen atoms in total. The summed E-state index contributed by atoms with van der Waals surface area (Å²) in [6, 6.07) is 6.52. The zero-order valence-electron chi connectivity index (χ0n) is 18.2. The molecule has 160 valence electrons. The van der Waals surface area contributed by atoms with E-state index in [9.17, 15) is 0 Å². The van der Waals surface area contributed by atoms with Crippen LogP contribution in [0.5, 0.6) is 0 Å². The molecule has 2 aromatic rings. The number of likely N-dealkylation sites (tertiary alicyclic amines) is 1. The zero-order chi connectivity index (χ0) is 20.5. The Bertz CT molecular complexity index is 743. The lowest BCUT2D eigenvalue weighted by Gasteiger charge is -2.31. The average Bonchev–Trinajstić information content (AvgIpc) is 3.33. The van der Waals surface area contributed by atoms with E-state index in [0.717, 1.165) is 50.8 Å². The van der Waals surface area contributed by atoms with Gasteiger partial charge in [0.15, 0.2) is 5.96 Å². The summed E-state index contributed by atoms with van der Waals surface area (Å²) in [7, 11) is 0. The lowest BCUT2D eigenvalue weighted by atomic mass is 9.97. The van der Waals surface area contributed by atoms with Crippen molar-refractivity contribution in [1.82, 2.24) is 25.3 Å². The van der Waals surface area contributed by atoms with E-state index in [1.54, 1.807) is 0 Å². The average molecular weight is 417 g/mol. The number of hydrogen-bond acceptors (Lipinski definition) is 4. The Morgan fingerprint density at radius 3 is 2.76 bits per heavy atom. The van der Waals surface area contributed by atoms with Gasteiger partial charge in [0.1, 0.15) is 0 Å². The van der Waals surface area contributed by atoms with Crippen molar-refractivity contribution in [3.63, 3.8) is 0 Å². The lowest BCUT2D eigenvalue weighted by Crippen LogP contribution is -2.39. The van der Waals surface area contributed by atoms with Crippen molar-refractivity contribution in [3.8, 4) is 0 Å². The van der Waals surface area contributed by atoms with Crippen LogP contribution < -0.4 is 10.6 Å². The van der Waals surface area contributed by atoms with Gasteiger partial charge >= 0.3 is 0 Å². The van der Waals surface area contributed by atoms with Gasteiger partial charge in [0, 0.05) is 43.3 Å². The van der Waals surface area contributed by atoms with Gasteiger partial charge in [-0.15, -0.1) is 11.3 Å². The molecule has 3 rings (SSSR count). The highest BCUT2D eigenvalue weighted by atomic mass is 32.1. The van der Waals surface area contributed by atoms with Crippen molar-refractivity contribution in [2.75, 3.05) is 32.7 Å². The quantitative estimate of drug-likeness (QED) is 0.374. The molecule has 0 saturated carbocycles. The lowest BCUT2D eigenvalue weighted by molar-refractivity contribution is 0.182. The molecule has 29 heavy (non-hydrogen) atoms. The number of nitrogens with zero attached hydrogens (tertiary/aromatic N) is 4. The van der Waals surface area contributed by atoms with Gasteiger partial charge in [-0.2, -0.15) is 5.10 Å². The molecule has 0 atom stereocenters. The van der Waals surface area contributed by atoms with Gasteiger partial charge in [-0.25, -0.2) is 0 Å². The summed E-state index contributed by atoms with van der Waals surface area (Å²) in [6.07, 6.45) is 3.52. The first-order valence-electron chi connectivity index (χ1n) is 10.9. The largest absolute Gasteiger partial charge is 0.357 e. The van der Waals surface area contributed by atoms with Gasteiger partial charge in [-0.1, -0.05) is 6.07 Å². The second kappa shape index (κ2) is 11.4. The number of aliphatic imine (C=N–C) groups is 1. The Hall–Kier alpha value is -1.86. The summed E-state index contributed by atoms with van der Waals surface area (Å²) < 4.78 is 2.09. The zero-order valence-corrected chi connectivity index (χ0v) is 19.0. The number of aryl methyl sites for hydroxylation is 3. The molecule has 1 saturated heterocycles. The van der Waals surface area contributed by atoms with Crippen molar-refractivity contribution in [2.45, 2.75) is 53.1 Å². The van der Waals surface area contributed by atoms with Crippen LogP contribution >= 0.6 is 11.3 Å². The molecule has 1 aliphatic rings.